The molecule has 0 aliphatic rings. The molecule has 0 unspecified atom stereocenters. The van der Waals surface area contributed by atoms with E-state index in [1.54, 1.807) is 29.9 Å². The number of nitrogens with zero attached hydrogens (tertiary/aromatic N) is 1. The van der Waals surface area contributed by atoms with Crippen molar-refractivity contribution in [2.45, 2.75) is 0 Å². The van der Waals surface area contributed by atoms with Crippen molar-refractivity contribution < 1.29 is 28.3 Å². The van der Waals surface area contributed by atoms with Crippen molar-refractivity contribution in [1.82, 2.24) is 15.2 Å². The Morgan fingerprint density at radius 3 is 2.58 bits per heavy atom. The molecule has 0 aliphatic heterocycles. The van der Waals surface area contributed by atoms with Gasteiger partial charge in [-0.1, -0.05) is 0 Å². The molecule has 0 aromatic carbocycles. The molecule has 3 amide bonds. The molecule has 0 fully saturated rings. The third-order valence-electron chi connectivity index (χ3n) is 2.93. The average Bonchev–Trinajstić information content (AvgIpc) is 3.21. The van der Waals surface area contributed by atoms with Crippen molar-refractivity contribution in [2.24, 2.45) is 7.05 Å². The lowest BCUT2D eigenvalue weighted by Crippen LogP contribution is -2.36. The summed E-state index contributed by atoms with van der Waals surface area (Å²) in [6.07, 6.45) is 2.97. The second-order valence-electron chi connectivity index (χ2n) is 4.70. The minimum Gasteiger partial charge on any atom is -0.459 e. The van der Waals surface area contributed by atoms with Gasteiger partial charge in [0.2, 0.25) is 0 Å². The highest BCUT2D eigenvalue weighted by Crippen LogP contribution is 1.99. The maximum absolute atomic E-state index is 11.8. The topological polar surface area (TPSA) is 120 Å². The van der Waals surface area contributed by atoms with E-state index in [0.29, 0.717) is 5.69 Å². The van der Waals surface area contributed by atoms with E-state index in [4.69, 9.17) is 4.42 Å². The van der Waals surface area contributed by atoms with Gasteiger partial charge in [-0.05, 0) is 24.3 Å². The quantitative estimate of drug-likeness (QED) is 0.709. The fourth-order valence-electron chi connectivity index (χ4n) is 1.77. The number of hydrogen-bond donors (Lipinski definition) is 2. The van der Waals surface area contributed by atoms with Gasteiger partial charge in [0.15, 0.2) is 12.4 Å². The molecule has 2 heterocycles. The number of nitrogens with one attached hydrogen (secondary N) is 2. The van der Waals surface area contributed by atoms with Crippen LogP contribution in [-0.2, 0) is 21.4 Å². The number of amides is 3. The third kappa shape index (κ3) is 4.57. The molecule has 9 nitrogen and oxygen atoms in total. The Hall–Kier alpha value is -3.36. The van der Waals surface area contributed by atoms with Gasteiger partial charge in [-0.3, -0.25) is 24.5 Å². The number of ether oxygens (including phenoxy) is 1. The van der Waals surface area contributed by atoms with Gasteiger partial charge < -0.3 is 19.0 Å². The van der Waals surface area contributed by atoms with Crippen LogP contribution in [0.1, 0.15) is 21.0 Å². The van der Waals surface area contributed by atoms with Crippen molar-refractivity contribution >= 4 is 23.7 Å². The fraction of sp³-hybridized carbons (Fsp3) is 0.200. The van der Waals surface area contributed by atoms with Crippen LogP contribution in [0.2, 0.25) is 0 Å². The van der Waals surface area contributed by atoms with E-state index in [1.807, 2.05) is 0 Å². The van der Waals surface area contributed by atoms with Crippen LogP contribution in [0.4, 0.5) is 0 Å². The monoisotopic (exact) mass is 333 g/mol. The molecule has 24 heavy (non-hydrogen) atoms. The van der Waals surface area contributed by atoms with Crippen LogP contribution < -0.4 is 10.6 Å². The standard InChI is InChI=1S/C15H15N3O6/c1-18-6-2-4-10(18)14(21)17-12(19)9-24-13(20)8-16-15(22)11-5-3-7-23-11/h2-7H,8-9H2,1H3,(H,16,22)(H,17,19,21). The Morgan fingerprint density at radius 1 is 1.17 bits per heavy atom. The van der Waals surface area contributed by atoms with Crippen molar-refractivity contribution in [3.63, 3.8) is 0 Å². The highest BCUT2D eigenvalue weighted by molar-refractivity contribution is 6.04. The van der Waals surface area contributed by atoms with Crippen molar-refractivity contribution in [1.29, 1.82) is 0 Å². The number of carbonyl (C=O) groups excluding carboxylic acids is 4. The molecule has 2 rings (SSSR count). The number of imide groups is 1. The van der Waals surface area contributed by atoms with Gasteiger partial charge in [0, 0.05) is 13.2 Å². The third-order valence-corrected chi connectivity index (χ3v) is 2.93. The van der Waals surface area contributed by atoms with Crippen LogP contribution in [0.25, 0.3) is 0 Å². The van der Waals surface area contributed by atoms with Crippen LogP contribution in [0.15, 0.2) is 41.1 Å². The average molecular weight is 333 g/mol. The smallest absolute Gasteiger partial charge is 0.325 e. The first-order valence-electron chi connectivity index (χ1n) is 6.90. The van der Waals surface area contributed by atoms with E-state index < -0.39 is 36.8 Å². The number of carbonyl (C=O) groups is 4. The van der Waals surface area contributed by atoms with Gasteiger partial charge in [-0.25, -0.2) is 0 Å². The predicted molar refractivity (Wildman–Crippen MR) is 79.9 cm³/mol. The van der Waals surface area contributed by atoms with Crippen molar-refractivity contribution in [3.8, 4) is 0 Å². The van der Waals surface area contributed by atoms with Crippen LogP contribution >= 0.6 is 0 Å². The molecule has 0 bridgehead atoms. The molecular formula is C15H15N3O6. The number of esters is 1. The maximum atomic E-state index is 11.8. The fourth-order valence-corrected chi connectivity index (χ4v) is 1.77. The van der Waals surface area contributed by atoms with Gasteiger partial charge in [0.25, 0.3) is 17.7 Å². The van der Waals surface area contributed by atoms with Crippen LogP contribution in [0.3, 0.4) is 0 Å². The summed E-state index contributed by atoms with van der Waals surface area (Å²) < 4.78 is 11.1. The molecular weight excluding hydrogens is 318 g/mol. The zero-order chi connectivity index (χ0) is 17.5. The lowest BCUT2D eigenvalue weighted by atomic mass is 10.4. The Labute approximate surface area is 136 Å². The second kappa shape index (κ2) is 7.77. The van der Waals surface area contributed by atoms with Crippen LogP contribution in [0.5, 0.6) is 0 Å². The van der Waals surface area contributed by atoms with E-state index in [0.717, 1.165) is 0 Å². The largest absolute Gasteiger partial charge is 0.459 e. The highest BCUT2D eigenvalue weighted by atomic mass is 16.5. The molecule has 0 saturated carbocycles. The number of aryl methyl sites for hydroxylation is 1. The Kier molecular flexibility index (Phi) is 5.50. The summed E-state index contributed by atoms with van der Waals surface area (Å²) in [4.78, 5) is 46.3. The second-order valence-corrected chi connectivity index (χ2v) is 4.70. The molecule has 126 valence electrons. The first-order chi connectivity index (χ1) is 11.5. The summed E-state index contributed by atoms with van der Waals surface area (Å²) in [6.45, 7) is -1.07. The van der Waals surface area contributed by atoms with E-state index >= 15 is 0 Å². The molecule has 9 heteroatoms. The first-order valence-corrected chi connectivity index (χ1v) is 6.90. The van der Waals surface area contributed by atoms with Crippen molar-refractivity contribution in [2.75, 3.05) is 13.2 Å². The summed E-state index contributed by atoms with van der Waals surface area (Å²) in [5.41, 5.74) is 0.292. The van der Waals surface area contributed by atoms with Crippen LogP contribution in [-0.4, -0.2) is 41.4 Å². The number of rotatable bonds is 6. The van der Waals surface area contributed by atoms with E-state index in [9.17, 15) is 19.2 Å². The van der Waals surface area contributed by atoms with E-state index in [2.05, 4.69) is 15.4 Å². The molecule has 0 spiro atoms. The number of hydrogen-bond acceptors (Lipinski definition) is 6. The van der Waals surface area contributed by atoms with Crippen LogP contribution in [0, 0.1) is 0 Å². The Morgan fingerprint density at radius 2 is 1.96 bits per heavy atom. The normalized spacial score (nSPS) is 10.0. The summed E-state index contributed by atoms with van der Waals surface area (Å²) >= 11 is 0. The van der Waals surface area contributed by atoms with Crippen molar-refractivity contribution in [3.05, 3.63) is 48.2 Å². The molecule has 0 aliphatic carbocycles. The summed E-state index contributed by atoms with van der Waals surface area (Å²) in [7, 11) is 1.65. The minimum absolute atomic E-state index is 0.0497. The molecule has 0 atom stereocenters. The SMILES string of the molecule is Cn1cccc1C(=O)NC(=O)COC(=O)CNC(=O)c1ccco1. The lowest BCUT2D eigenvalue weighted by molar-refractivity contribution is -0.147. The Balaban J connectivity index is 1.69. The first kappa shape index (κ1) is 17.0. The molecule has 0 radical (unpaired) electrons. The van der Waals surface area contributed by atoms with E-state index in [1.165, 1.54) is 18.4 Å². The highest BCUT2D eigenvalue weighted by Gasteiger charge is 2.15. The minimum atomic E-state index is -0.823. The number of furan rings is 1. The van der Waals surface area contributed by atoms with Gasteiger partial charge in [-0.15, -0.1) is 0 Å². The molecule has 0 saturated heterocycles. The van der Waals surface area contributed by atoms with Gasteiger partial charge in [-0.2, -0.15) is 0 Å². The Bertz CT molecular complexity index is 747. The summed E-state index contributed by atoms with van der Waals surface area (Å²) in [5, 5.41) is 4.36. The zero-order valence-corrected chi connectivity index (χ0v) is 12.8. The van der Waals surface area contributed by atoms with Gasteiger partial charge in [0.1, 0.15) is 12.2 Å². The maximum Gasteiger partial charge on any atom is 0.325 e. The zero-order valence-electron chi connectivity index (χ0n) is 12.8. The van der Waals surface area contributed by atoms with E-state index in [-0.39, 0.29) is 5.76 Å². The summed E-state index contributed by atoms with van der Waals surface area (Å²) in [6, 6.07) is 6.16. The molecule has 2 aromatic rings. The molecule has 2 aromatic heterocycles. The summed E-state index contributed by atoms with van der Waals surface area (Å²) in [5.74, 6) is -2.73. The van der Waals surface area contributed by atoms with Gasteiger partial charge in [0.05, 0.1) is 6.26 Å². The predicted octanol–water partition coefficient (Wildman–Crippen LogP) is -0.152. The molecule has 2 N–H and O–H groups in total. The number of aromatic nitrogens is 1. The van der Waals surface area contributed by atoms with Gasteiger partial charge >= 0.3 is 5.97 Å². The lowest BCUT2D eigenvalue weighted by Gasteiger charge is -2.07.